The summed E-state index contributed by atoms with van der Waals surface area (Å²) in [4.78, 5) is 16.5. The van der Waals surface area contributed by atoms with Gasteiger partial charge < -0.3 is 9.88 Å². The molecule has 0 unspecified atom stereocenters. The van der Waals surface area contributed by atoms with E-state index in [0.717, 1.165) is 37.1 Å². The maximum absolute atomic E-state index is 11.6. The largest absolute Gasteiger partial charge is 0.356 e. The minimum Gasteiger partial charge on any atom is -0.356 e. The lowest BCUT2D eigenvalue weighted by atomic mass is 10.0. The molecule has 0 aliphatic rings. The molecular formula is C24H31N3O. The van der Waals surface area contributed by atoms with E-state index in [-0.39, 0.29) is 5.91 Å². The summed E-state index contributed by atoms with van der Waals surface area (Å²) in [7, 11) is 0. The van der Waals surface area contributed by atoms with Gasteiger partial charge in [0.05, 0.1) is 11.0 Å². The Hall–Kier alpha value is -2.62. The van der Waals surface area contributed by atoms with Gasteiger partial charge in [-0.3, -0.25) is 4.79 Å². The number of benzene rings is 2. The summed E-state index contributed by atoms with van der Waals surface area (Å²) >= 11 is 0. The lowest BCUT2D eigenvalue weighted by Crippen LogP contribution is -2.24. The van der Waals surface area contributed by atoms with Crippen molar-refractivity contribution in [2.24, 2.45) is 0 Å². The molecule has 1 amide bonds. The molecule has 2 aromatic carbocycles. The van der Waals surface area contributed by atoms with Crippen LogP contribution in [0.1, 0.15) is 62.9 Å². The summed E-state index contributed by atoms with van der Waals surface area (Å²) in [6, 6.07) is 17.2. The lowest BCUT2D eigenvalue weighted by molar-refractivity contribution is -0.121. The predicted octanol–water partition coefficient (Wildman–Crippen LogP) is 5.06. The van der Waals surface area contributed by atoms with E-state index >= 15 is 0 Å². The number of hydrogen-bond donors (Lipinski definition) is 1. The third kappa shape index (κ3) is 5.00. The van der Waals surface area contributed by atoms with Gasteiger partial charge in [0.1, 0.15) is 5.82 Å². The number of nitrogens with one attached hydrogen (secondary N) is 1. The number of rotatable bonds is 9. The summed E-state index contributed by atoms with van der Waals surface area (Å²) in [6.45, 7) is 7.97. The summed E-state index contributed by atoms with van der Waals surface area (Å²) in [6.07, 6.45) is 3.23. The van der Waals surface area contributed by atoms with Crippen LogP contribution in [0.5, 0.6) is 0 Å². The van der Waals surface area contributed by atoms with Crippen molar-refractivity contribution in [3.63, 3.8) is 0 Å². The highest BCUT2D eigenvalue weighted by Crippen LogP contribution is 2.20. The van der Waals surface area contributed by atoms with E-state index in [4.69, 9.17) is 4.98 Å². The second kappa shape index (κ2) is 9.54. The third-order valence-electron chi connectivity index (χ3n) is 5.10. The van der Waals surface area contributed by atoms with Crippen LogP contribution in [-0.2, 0) is 17.8 Å². The van der Waals surface area contributed by atoms with E-state index < -0.39 is 0 Å². The van der Waals surface area contributed by atoms with Crippen LogP contribution in [0.15, 0.2) is 48.5 Å². The van der Waals surface area contributed by atoms with Gasteiger partial charge in [0.2, 0.25) is 5.91 Å². The second-order valence-corrected chi connectivity index (χ2v) is 7.70. The lowest BCUT2D eigenvalue weighted by Gasteiger charge is -2.11. The number of carbonyl (C=O) groups excluding carboxylic acids is 1. The highest BCUT2D eigenvalue weighted by molar-refractivity contribution is 5.76. The summed E-state index contributed by atoms with van der Waals surface area (Å²) in [5, 5.41) is 3.00. The van der Waals surface area contributed by atoms with E-state index in [0.29, 0.717) is 18.9 Å². The molecule has 3 rings (SSSR count). The van der Waals surface area contributed by atoms with Crippen molar-refractivity contribution in [2.45, 2.75) is 58.9 Å². The molecule has 4 heteroatoms. The molecule has 0 radical (unpaired) electrons. The fourth-order valence-corrected chi connectivity index (χ4v) is 3.47. The average molecular weight is 378 g/mol. The highest BCUT2D eigenvalue weighted by Gasteiger charge is 2.11. The normalized spacial score (nSPS) is 11.3. The number of carbonyl (C=O) groups is 1. The molecule has 1 N–H and O–H groups in total. The number of imidazole rings is 1. The van der Waals surface area contributed by atoms with Crippen molar-refractivity contribution in [3.05, 3.63) is 65.5 Å². The highest BCUT2D eigenvalue weighted by atomic mass is 16.1. The van der Waals surface area contributed by atoms with Crippen LogP contribution in [0, 0.1) is 0 Å². The fraction of sp³-hybridized carbons (Fsp3) is 0.417. The molecule has 0 atom stereocenters. The molecule has 0 fully saturated rings. The summed E-state index contributed by atoms with van der Waals surface area (Å²) in [5.41, 5.74) is 4.85. The Morgan fingerprint density at radius 2 is 1.86 bits per heavy atom. The number of aromatic nitrogens is 2. The number of amides is 1. The van der Waals surface area contributed by atoms with Crippen LogP contribution < -0.4 is 5.32 Å². The first-order valence-electron chi connectivity index (χ1n) is 10.4. The second-order valence-electron chi connectivity index (χ2n) is 7.70. The zero-order chi connectivity index (χ0) is 19.9. The molecule has 28 heavy (non-hydrogen) atoms. The maximum Gasteiger partial charge on any atom is 0.219 e. The molecule has 0 aliphatic carbocycles. The van der Waals surface area contributed by atoms with E-state index in [1.807, 2.05) is 13.0 Å². The molecule has 0 spiro atoms. The quantitative estimate of drug-likeness (QED) is 0.530. The van der Waals surface area contributed by atoms with E-state index in [1.54, 1.807) is 0 Å². The first kappa shape index (κ1) is 20.1. The maximum atomic E-state index is 11.6. The van der Waals surface area contributed by atoms with Gasteiger partial charge in [0, 0.05) is 25.9 Å². The van der Waals surface area contributed by atoms with Crippen LogP contribution >= 0.6 is 0 Å². The molecule has 1 heterocycles. The first-order valence-corrected chi connectivity index (χ1v) is 10.4. The van der Waals surface area contributed by atoms with Crippen LogP contribution in [0.3, 0.4) is 0 Å². The van der Waals surface area contributed by atoms with Gasteiger partial charge in [-0.05, 0) is 42.0 Å². The van der Waals surface area contributed by atoms with Crippen LogP contribution in [0.4, 0.5) is 0 Å². The van der Waals surface area contributed by atoms with Crippen LogP contribution in [0.2, 0.25) is 0 Å². The molecule has 4 nitrogen and oxygen atoms in total. The van der Waals surface area contributed by atoms with Gasteiger partial charge in [0.25, 0.3) is 0 Å². The Balaban J connectivity index is 1.74. The van der Waals surface area contributed by atoms with Gasteiger partial charge in [-0.15, -0.1) is 0 Å². The third-order valence-corrected chi connectivity index (χ3v) is 5.10. The smallest absolute Gasteiger partial charge is 0.219 e. The van der Waals surface area contributed by atoms with Gasteiger partial charge >= 0.3 is 0 Å². The van der Waals surface area contributed by atoms with Gasteiger partial charge in [-0.2, -0.15) is 0 Å². The van der Waals surface area contributed by atoms with Crippen molar-refractivity contribution in [2.75, 3.05) is 6.54 Å². The van der Waals surface area contributed by atoms with Crippen LogP contribution in [0.25, 0.3) is 11.0 Å². The van der Waals surface area contributed by atoms with Crippen molar-refractivity contribution in [1.29, 1.82) is 0 Å². The molecule has 0 aliphatic heterocycles. The molecule has 3 aromatic rings. The standard InChI is InChI=1S/C24H31N3O/c1-4-8-24(28)25-16-7-11-23-26-21-9-5-6-10-22(21)27(23)17-19-12-14-20(15-13-19)18(2)3/h5-6,9-10,12-15,18H,4,7-8,11,16-17H2,1-3H3,(H,25,28). The van der Waals surface area contributed by atoms with Crippen molar-refractivity contribution in [3.8, 4) is 0 Å². The minimum absolute atomic E-state index is 0.140. The number of aryl methyl sites for hydroxylation is 1. The molecule has 0 bridgehead atoms. The molecule has 0 saturated carbocycles. The Labute approximate surface area is 168 Å². The topological polar surface area (TPSA) is 46.9 Å². The fourth-order valence-electron chi connectivity index (χ4n) is 3.47. The Kier molecular flexibility index (Phi) is 6.85. The SMILES string of the molecule is CCCC(=O)NCCCc1nc2ccccc2n1Cc1ccc(C(C)C)cc1. The average Bonchev–Trinajstić information content (AvgIpc) is 3.03. The minimum atomic E-state index is 0.140. The summed E-state index contributed by atoms with van der Waals surface area (Å²) < 4.78 is 2.31. The van der Waals surface area contributed by atoms with E-state index in [1.165, 1.54) is 16.6 Å². The Morgan fingerprint density at radius 1 is 1.11 bits per heavy atom. The Bertz CT molecular complexity index is 909. The predicted molar refractivity (Wildman–Crippen MR) is 116 cm³/mol. The van der Waals surface area contributed by atoms with Crippen molar-refractivity contribution < 1.29 is 4.79 Å². The van der Waals surface area contributed by atoms with E-state index in [2.05, 4.69) is 66.2 Å². The number of fused-ring (bicyclic) bond motifs is 1. The molecule has 1 aromatic heterocycles. The summed E-state index contributed by atoms with van der Waals surface area (Å²) in [5.74, 6) is 1.77. The first-order chi connectivity index (χ1) is 13.6. The molecule has 148 valence electrons. The van der Waals surface area contributed by atoms with Crippen LogP contribution in [-0.4, -0.2) is 22.0 Å². The van der Waals surface area contributed by atoms with Crippen molar-refractivity contribution in [1.82, 2.24) is 14.9 Å². The van der Waals surface area contributed by atoms with Gasteiger partial charge in [0.15, 0.2) is 0 Å². The number of hydrogen-bond acceptors (Lipinski definition) is 2. The zero-order valence-electron chi connectivity index (χ0n) is 17.2. The number of nitrogens with zero attached hydrogens (tertiary/aromatic N) is 2. The van der Waals surface area contributed by atoms with E-state index in [9.17, 15) is 4.79 Å². The monoisotopic (exact) mass is 377 g/mol. The molecule has 0 saturated heterocycles. The Morgan fingerprint density at radius 3 is 2.57 bits per heavy atom. The van der Waals surface area contributed by atoms with Gasteiger partial charge in [-0.25, -0.2) is 4.98 Å². The zero-order valence-corrected chi connectivity index (χ0v) is 17.2. The number of para-hydroxylation sites is 2. The van der Waals surface area contributed by atoms with Crippen molar-refractivity contribution >= 4 is 16.9 Å². The molecular weight excluding hydrogens is 346 g/mol. The van der Waals surface area contributed by atoms with Gasteiger partial charge in [-0.1, -0.05) is 57.2 Å².